The molecule has 1 atom stereocenters. The van der Waals surface area contributed by atoms with Gasteiger partial charge in [0.2, 0.25) is 0 Å². The van der Waals surface area contributed by atoms with E-state index in [4.69, 9.17) is 5.11 Å². The normalized spacial score (nSPS) is 17.7. The van der Waals surface area contributed by atoms with Gasteiger partial charge >= 0.3 is 5.97 Å². The van der Waals surface area contributed by atoms with E-state index in [0.29, 0.717) is 6.04 Å². The van der Waals surface area contributed by atoms with Gasteiger partial charge in [-0.3, -0.25) is 4.79 Å². The number of nitrogens with one attached hydrogen (secondary N) is 1. The number of carboxylic acid groups (broad SMARTS) is 1. The van der Waals surface area contributed by atoms with E-state index in [2.05, 4.69) is 5.32 Å². The molecule has 0 radical (unpaired) electrons. The Morgan fingerprint density at radius 2 is 2.11 bits per heavy atom. The first kappa shape index (κ1) is 12.9. The lowest BCUT2D eigenvalue weighted by Gasteiger charge is -2.15. The summed E-state index contributed by atoms with van der Waals surface area (Å²) in [6, 6.07) is 5.14. The second-order valence-electron chi connectivity index (χ2n) is 4.92. The van der Waals surface area contributed by atoms with Crippen LogP contribution < -0.4 is 5.32 Å². The molecule has 1 aromatic rings. The topological polar surface area (TPSA) is 49.3 Å². The van der Waals surface area contributed by atoms with E-state index in [0.717, 1.165) is 18.5 Å². The molecule has 1 aromatic carbocycles. The minimum Gasteiger partial charge on any atom is -0.481 e. The zero-order chi connectivity index (χ0) is 13.1. The van der Waals surface area contributed by atoms with Crippen molar-refractivity contribution in [3.63, 3.8) is 0 Å². The van der Waals surface area contributed by atoms with E-state index >= 15 is 0 Å². The van der Waals surface area contributed by atoms with Gasteiger partial charge in [0.25, 0.3) is 0 Å². The summed E-state index contributed by atoms with van der Waals surface area (Å²) in [6.45, 7) is 1.49. The Bertz CT molecular complexity index is 441. The molecule has 4 heteroatoms. The molecule has 18 heavy (non-hydrogen) atoms. The summed E-state index contributed by atoms with van der Waals surface area (Å²) in [5.41, 5.74) is 0.972. The third-order valence-electron chi connectivity index (χ3n) is 3.56. The van der Waals surface area contributed by atoms with Gasteiger partial charge in [-0.1, -0.05) is 18.9 Å². The van der Waals surface area contributed by atoms with Gasteiger partial charge in [0.15, 0.2) is 0 Å². The number of carboxylic acids is 1. The van der Waals surface area contributed by atoms with Crippen molar-refractivity contribution in [3.05, 3.63) is 29.6 Å². The molecule has 0 saturated heterocycles. The zero-order valence-electron chi connectivity index (χ0n) is 10.4. The monoisotopic (exact) mass is 251 g/mol. The number of halogens is 1. The lowest BCUT2D eigenvalue weighted by molar-refractivity contribution is -0.138. The molecule has 2 N–H and O–H groups in total. The maximum Gasteiger partial charge on any atom is 0.310 e. The van der Waals surface area contributed by atoms with Crippen LogP contribution in [0, 0.1) is 5.82 Å². The lowest BCUT2D eigenvalue weighted by atomic mass is 10.0. The first-order valence-electron chi connectivity index (χ1n) is 6.36. The van der Waals surface area contributed by atoms with Gasteiger partial charge in [-0.15, -0.1) is 0 Å². The van der Waals surface area contributed by atoms with Crippen molar-refractivity contribution in [1.82, 2.24) is 0 Å². The Morgan fingerprint density at radius 1 is 1.44 bits per heavy atom. The number of benzene rings is 1. The van der Waals surface area contributed by atoms with Crippen LogP contribution in [-0.4, -0.2) is 17.1 Å². The average Bonchev–Trinajstić information content (AvgIpc) is 2.81. The molecule has 3 nitrogen and oxygen atoms in total. The molecule has 0 spiro atoms. The Labute approximate surface area is 106 Å². The fraction of sp³-hybridized carbons (Fsp3) is 0.500. The van der Waals surface area contributed by atoms with E-state index in [1.54, 1.807) is 12.1 Å². The number of rotatable bonds is 4. The first-order chi connectivity index (χ1) is 8.58. The SMILES string of the molecule is CC(C(=O)O)c1ccc(NC2CCCC2)cc1F. The predicted molar refractivity (Wildman–Crippen MR) is 68.3 cm³/mol. The maximum atomic E-state index is 13.8. The highest BCUT2D eigenvalue weighted by atomic mass is 19.1. The smallest absolute Gasteiger partial charge is 0.310 e. The van der Waals surface area contributed by atoms with Crippen molar-refractivity contribution in [2.75, 3.05) is 5.32 Å². The summed E-state index contributed by atoms with van der Waals surface area (Å²) in [7, 11) is 0. The quantitative estimate of drug-likeness (QED) is 0.862. The second-order valence-corrected chi connectivity index (χ2v) is 4.92. The number of aliphatic carboxylic acids is 1. The summed E-state index contributed by atoms with van der Waals surface area (Å²) in [6.07, 6.45) is 4.67. The van der Waals surface area contributed by atoms with Gasteiger partial charge in [0.05, 0.1) is 5.92 Å². The van der Waals surface area contributed by atoms with Crippen molar-refractivity contribution >= 4 is 11.7 Å². The van der Waals surface area contributed by atoms with Crippen LogP contribution in [0.15, 0.2) is 18.2 Å². The van der Waals surface area contributed by atoms with E-state index in [1.165, 1.54) is 25.8 Å². The van der Waals surface area contributed by atoms with Gasteiger partial charge in [-0.2, -0.15) is 0 Å². The largest absolute Gasteiger partial charge is 0.481 e. The Morgan fingerprint density at radius 3 is 2.67 bits per heavy atom. The van der Waals surface area contributed by atoms with Crippen molar-refractivity contribution in [2.45, 2.75) is 44.6 Å². The minimum absolute atomic E-state index is 0.236. The van der Waals surface area contributed by atoms with Gasteiger partial charge in [0, 0.05) is 17.3 Å². The molecule has 0 aromatic heterocycles. The zero-order valence-corrected chi connectivity index (χ0v) is 10.4. The standard InChI is InChI=1S/C14H18FNO2/c1-9(14(17)18)12-7-6-11(8-13(12)15)16-10-4-2-3-5-10/h6-10,16H,2-5H2,1H3,(H,17,18). The van der Waals surface area contributed by atoms with Gasteiger partial charge < -0.3 is 10.4 Å². The Kier molecular flexibility index (Phi) is 3.84. The van der Waals surface area contributed by atoms with E-state index in [1.807, 2.05) is 0 Å². The number of hydrogen-bond donors (Lipinski definition) is 2. The summed E-state index contributed by atoms with van der Waals surface area (Å²) < 4.78 is 13.8. The summed E-state index contributed by atoms with van der Waals surface area (Å²) in [5.74, 6) is -2.27. The number of anilines is 1. The molecular formula is C14H18FNO2. The molecule has 1 fully saturated rings. The van der Waals surface area contributed by atoms with Gasteiger partial charge in [-0.05, 0) is 31.9 Å². The molecule has 98 valence electrons. The fourth-order valence-electron chi connectivity index (χ4n) is 2.41. The molecule has 1 unspecified atom stereocenters. The van der Waals surface area contributed by atoms with Crippen LogP contribution >= 0.6 is 0 Å². The van der Waals surface area contributed by atoms with E-state index in [9.17, 15) is 9.18 Å². The molecule has 0 heterocycles. The summed E-state index contributed by atoms with van der Waals surface area (Å²) >= 11 is 0. The molecule has 0 aliphatic heterocycles. The second kappa shape index (κ2) is 5.38. The third kappa shape index (κ3) is 2.81. The maximum absolute atomic E-state index is 13.8. The molecule has 2 rings (SSSR count). The van der Waals surface area contributed by atoms with E-state index < -0.39 is 17.7 Å². The van der Waals surface area contributed by atoms with Crippen molar-refractivity contribution < 1.29 is 14.3 Å². The number of hydrogen-bond acceptors (Lipinski definition) is 2. The van der Waals surface area contributed by atoms with E-state index in [-0.39, 0.29) is 5.56 Å². The third-order valence-corrected chi connectivity index (χ3v) is 3.56. The molecule has 1 saturated carbocycles. The predicted octanol–water partition coefficient (Wildman–Crippen LogP) is 3.37. The van der Waals surface area contributed by atoms with Crippen LogP contribution in [0.5, 0.6) is 0 Å². The van der Waals surface area contributed by atoms with Crippen molar-refractivity contribution in [2.24, 2.45) is 0 Å². The molecular weight excluding hydrogens is 233 g/mol. The summed E-state index contributed by atoms with van der Waals surface area (Å²) in [5, 5.41) is 12.2. The molecule has 1 aliphatic rings. The van der Waals surface area contributed by atoms with Gasteiger partial charge in [-0.25, -0.2) is 4.39 Å². The highest BCUT2D eigenvalue weighted by Gasteiger charge is 2.19. The van der Waals surface area contributed by atoms with Crippen LogP contribution in [0.3, 0.4) is 0 Å². The lowest BCUT2D eigenvalue weighted by Crippen LogP contribution is -2.15. The Balaban J connectivity index is 2.11. The fourth-order valence-corrected chi connectivity index (χ4v) is 2.41. The van der Waals surface area contributed by atoms with Crippen LogP contribution in [-0.2, 0) is 4.79 Å². The first-order valence-corrected chi connectivity index (χ1v) is 6.36. The highest BCUT2D eigenvalue weighted by molar-refractivity contribution is 5.75. The highest BCUT2D eigenvalue weighted by Crippen LogP contribution is 2.26. The van der Waals surface area contributed by atoms with Crippen LogP contribution in [0.25, 0.3) is 0 Å². The average molecular weight is 251 g/mol. The summed E-state index contributed by atoms with van der Waals surface area (Å²) in [4.78, 5) is 10.8. The minimum atomic E-state index is -1.01. The molecule has 0 amide bonds. The van der Waals surface area contributed by atoms with Crippen LogP contribution in [0.1, 0.15) is 44.1 Å². The van der Waals surface area contributed by atoms with Crippen molar-refractivity contribution in [1.29, 1.82) is 0 Å². The van der Waals surface area contributed by atoms with Crippen LogP contribution in [0.2, 0.25) is 0 Å². The van der Waals surface area contributed by atoms with Crippen LogP contribution in [0.4, 0.5) is 10.1 Å². The molecule has 0 bridgehead atoms. The Hall–Kier alpha value is -1.58. The molecule has 1 aliphatic carbocycles. The van der Waals surface area contributed by atoms with Gasteiger partial charge in [0.1, 0.15) is 5.82 Å². The van der Waals surface area contributed by atoms with Crippen molar-refractivity contribution in [3.8, 4) is 0 Å². The number of carbonyl (C=O) groups is 1.